The molecule has 8 atom stereocenters. The van der Waals surface area contributed by atoms with E-state index in [1.807, 2.05) is 18.2 Å². The first-order valence-corrected chi connectivity index (χ1v) is 18.3. The molecule has 4 aliphatic heterocycles. The maximum absolute atomic E-state index is 13.4. The Bertz CT molecular complexity index is 2080. The van der Waals surface area contributed by atoms with Crippen LogP contribution < -0.4 is 9.47 Å². The van der Waals surface area contributed by atoms with Gasteiger partial charge in [0.2, 0.25) is 0 Å². The molecule has 3 aromatic carbocycles. The van der Waals surface area contributed by atoms with Gasteiger partial charge in [-0.2, -0.15) is 0 Å². The minimum absolute atomic E-state index is 0.119. The zero-order valence-electron chi connectivity index (χ0n) is 28.3. The average Bonchev–Trinajstić information content (AvgIpc) is 3.73. The van der Waals surface area contributed by atoms with Crippen LogP contribution in [0.25, 0.3) is 0 Å². The van der Waals surface area contributed by atoms with Crippen molar-refractivity contribution in [2.75, 3.05) is 27.2 Å². The lowest BCUT2D eigenvalue weighted by Crippen LogP contribution is -2.74. The van der Waals surface area contributed by atoms with E-state index in [9.17, 15) is 20.4 Å². The Morgan fingerprint density at radius 3 is 1.64 bits per heavy atom. The average molecular weight is 672 g/mol. The van der Waals surface area contributed by atoms with E-state index in [0.29, 0.717) is 56.6 Å². The Kier molecular flexibility index (Phi) is 4.99. The van der Waals surface area contributed by atoms with Crippen molar-refractivity contribution in [2.45, 2.75) is 91.4 Å². The molecule has 50 heavy (non-hydrogen) atoms. The van der Waals surface area contributed by atoms with Crippen molar-refractivity contribution in [3.05, 3.63) is 105 Å². The van der Waals surface area contributed by atoms with E-state index in [4.69, 9.17) is 9.47 Å². The quantitative estimate of drug-likeness (QED) is 0.255. The topological polar surface area (TPSA) is 111 Å². The number of hydrogen-bond acceptors (Lipinski definition) is 8. The summed E-state index contributed by atoms with van der Waals surface area (Å²) in [6, 6.07) is 17.8. The molecule has 9 heteroatoms. The molecular formula is C41H41N3O6. The molecule has 5 heterocycles. The molecule has 2 saturated heterocycles. The molecule has 1 aromatic heterocycles. The third kappa shape index (κ3) is 2.81. The van der Waals surface area contributed by atoms with Gasteiger partial charge in [-0.3, -0.25) is 0 Å². The van der Waals surface area contributed by atoms with Gasteiger partial charge in [-0.15, -0.1) is 0 Å². The number of aliphatic hydroxyl groups is 2. The molecule has 0 unspecified atom stereocenters. The molecule has 0 amide bonds. The van der Waals surface area contributed by atoms with Crippen LogP contribution in [0, 0.1) is 0 Å². The van der Waals surface area contributed by atoms with Gasteiger partial charge in [0.15, 0.2) is 35.2 Å². The van der Waals surface area contributed by atoms with Crippen LogP contribution in [-0.2, 0) is 43.1 Å². The number of aromatic hydroxyl groups is 2. The first kappa shape index (κ1) is 28.7. The molecule has 4 aromatic rings. The van der Waals surface area contributed by atoms with Crippen LogP contribution >= 0.6 is 0 Å². The number of likely N-dealkylation sites (N-methyl/N-ethyl adjacent to an activating group) is 2. The van der Waals surface area contributed by atoms with Crippen LogP contribution in [0.2, 0.25) is 0 Å². The van der Waals surface area contributed by atoms with Crippen molar-refractivity contribution in [2.24, 2.45) is 0 Å². The molecule has 4 N–H and O–H groups in total. The zero-order valence-corrected chi connectivity index (χ0v) is 28.3. The number of nitrogens with zero attached hydrogens (tertiary/aromatic N) is 3. The van der Waals surface area contributed by atoms with Gasteiger partial charge < -0.3 is 44.3 Å². The predicted molar refractivity (Wildman–Crippen MR) is 183 cm³/mol. The molecular weight excluding hydrogens is 630 g/mol. The first-order chi connectivity index (χ1) is 24.1. The highest BCUT2D eigenvalue weighted by Crippen LogP contribution is 2.73. The summed E-state index contributed by atoms with van der Waals surface area (Å²) >= 11 is 0. The summed E-state index contributed by atoms with van der Waals surface area (Å²) in [5, 5.41) is 49.5. The number of likely N-dealkylation sites (tertiary alicyclic amines) is 2. The number of fused-ring (bicyclic) bond motifs is 5. The minimum atomic E-state index is -1.15. The SMILES string of the molecule is CN1CC[C@]23c4c5ccc(O)c4O[C@H]2c2c(c4c(n2Cc2ccccc2)[C@@H]2Oc6c(O)ccc7c6[C@@]26CCN(C)[C@H](C7)[C@]6(O)C4)C[C@@]3(O)[C@@H]1C5. The van der Waals surface area contributed by atoms with E-state index in [0.717, 1.165) is 63.4 Å². The lowest BCUT2D eigenvalue weighted by molar-refractivity contribution is -0.170. The van der Waals surface area contributed by atoms with Gasteiger partial charge >= 0.3 is 0 Å². The highest BCUT2D eigenvalue weighted by molar-refractivity contribution is 5.69. The van der Waals surface area contributed by atoms with Crippen LogP contribution in [0.3, 0.4) is 0 Å². The lowest BCUT2D eigenvalue weighted by Gasteiger charge is -2.63. The number of phenols is 2. The van der Waals surface area contributed by atoms with E-state index in [2.05, 4.69) is 52.7 Å². The van der Waals surface area contributed by atoms with Gasteiger partial charge in [0, 0.05) is 42.6 Å². The molecule has 12 rings (SSSR count). The molecule has 256 valence electrons. The molecule has 2 fully saturated rings. The summed E-state index contributed by atoms with van der Waals surface area (Å²) in [6.07, 6.45) is 2.55. The maximum Gasteiger partial charge on any atom is 0.166 e. The highest BCUT2D eigenvalue weighted by atomic mass is 16.5. The standard InChI is InChI=1S/C41H41N3O6/c1-42-14-12-38-30-22-8-10-26(45)34(30)49-36(38)32-24(18-40(38,47)28(42)16-22)25-19-41(48)29-17-23-9-11-27(46)35-31(23)39(41,13-15-43(29)2)37(50-35)33(25)44(32)20-21-6-4-3-5-7-21/h3-11,28-29,36-37,45-48H,12-20H2,1-2H3/t28-,29+,36-,37-,38-,39-,40+,41+/m0/s1. The second-order valence-corrected chi connectivity index (χ2v) is 16.7. The monoisotopic (exact) mass is 671 g/mol. The van der Waals surface area contributed by atoms with E-state index in [-0.39, 0.29) is 23.6 Å². The third-order valence-electron chi connectivity index (χ3n) is 15.1. The van der Waals surface area contributed by atoms with Gasteiger partial charge in [0.05, 0.1) is 33.4 Å². The normalized spacial score (nSPS) is 37.7. The van der Waals surface area contributed by atoms with Gasteiger partial charge in [-0.25, -0.2) is 0 Å². The summed E-state index contributed by atoms with van der Waals surface area (Å²) in [5.41, 5.74) is 5.75. The van der Waals surface area contributed by atoms with E-state index in [1.54, 1.807) is 12.1 Å². The molecule has 8 aliphatic rings. The molecule has 4 aliphatic carbocycles. The van der Waals surface area contributed by atoms with Crippen molar-refractivity contribution in [1.29, 1.82) is 0 Å². The fraction of sp³-hybridized carbons (Fsp3) is 0.463. The Morgan fingerprint density at radius 1 is 0.680 bits per heavy atom. The number of ether oxygens (including phenoxy) is 2. The van der Waals surface area contributed by atoms with E-state index in [1.165, 1.54) is 0 Å². The smallest absolute Gasteiger partial charge is 0.166 e. The molecule has 0 saturated carbocycles. The Balaban J connectivity index is 1.18. The summed E-state index contributed by atoms with van der Waals surface area (Å²) in [6.45, 7) is 2.20. The Hall–Kier alpha value is -4.02. The van der Waals surface area contributed by atoms with Gasteiger partial charge in [-0.1, -0.05) is 42.5 Å². The van der Waals surface area contributed by atoms with Crippen molar-refractivity contribution < 1.29 is 29.9 Å². The van der Waals surface area contributed by atoms with Crippen molar-refractivity contribution >= 4 is 0 Å². The second-order valence-electron chi connectivity index (χ2n) is 16.7. The zero-order chi connectivity index (χ0) is 33.7. The number of aromatic nitrogens is 1. The second kappa shape index (κ2) is 8.70. The fourth-order valence-corrected chi connectivity index (χ4v) is 13.1. The lowest BCUT2D eigenvalue weighted by atomic mass is 9.47. The number of piperidine rings is 2. The summed E-state index contributed by atoms with van der Waals surface area (Å²) in [7, 11) is 4.24. The van der Waals surface area contributed by atoms with Gasteiger partial charge in [0.1, 0.15) is 0 Å². The van der Waals surface area contributed by atoms with E-state index < -0.39 is 34.2 Å². The molecule has 2 spiro atoms. The minimum Gasteiger partial charge on any atom is -0.504 e. The number of rotatable bonds is 2. The summed E-state index contributed by atoms with van der Waals surface area (Å²) < 4.78 is 16.6. The van der Waals surface area contributed by atoms with Crippen molar-refractivity contribution in [1.82, 2.24) is 14.4 Å². The van der Waals surface area contributed by atoms with Crippen LogP contribution in [0.1, 0.15) is 75.4 Å². The Labute approximate surface area is 290 Å². The van der Waals surface area contributed by atoms with Gasteiger partial charge in [-0.05, 0) is 92.8 Å². The number of hydrogen-bond donors (Lipinski definition) is 4. The third-order valence-corrected chi connectivity index (χ3v) is 15.1. The van der Waals surface area contributed by atoms with Crippen molar-refractivity contribution in [3.63, 3.8) is 0 Å². The van der Waals surface area contributed by atoms with Crippen LogP contribution in [0.15, 0.2) is 54.6 Å². The predicted octanol–water partition coefficient (Wildman–Crippen LogP) is 3.79. The van der Waals surface area contributed by atoms with Gasteiger partial charge in [0.25, 0.3) is 0 Å². The maximum atomic E-state index is 13.4. The summed E-state index contributed by atoms with van der Waals surface area (Å²) in [4.78, 5) is 4.64. The largest absolute Gasteiger partial charge is 0.504 e. The fourth-order valence-electron chi connectivity index (χ4n) is 13.1. The first-order valence-electron chi connectivity index (χ1n) is 18.3. The molecule has 9 nitrogen and oxygen atoms in total. The van der Waals surface area contributed by atoms with E-state index >= 15 is 0 Å². The van der Waals surface area contributed by atoms with Crippen LogP contribution in [-0.4, -0.2) is 85.3 Å². The number of benzene rings is 3. The number of phenolic OH excluding ortho intramolecular Hbond substituents is 2. The van der Waals surface area contributed by atoms with Crippen molar-refractivity contribution in [3.8, 4) is 23.0 Å². The van der Waals surface area contributed by atoms with Crippen LogP contribution in [0.4, 0.5) is 0 Å². The Morgan fingerprint density at radius 2 is 1.16 bits per heavy atom. The summed E-state index contributed by atoms with van der Waals surface area (Å²) in [5.74, 6) is 1.26. The van der Waals surface area contributed by atoms with Crippen LogP contribution in [0.5, 0.6) is 23.0 Å². The highest BCUT2D eigenvalue weighted by Gasteiger charge is 2.76. The molecule has 4 bridgehead atoms. The molecule has 0 radical (unpaired) electrons.